The highest BCUT2D eigenvalue weighted by Gasteiger charge is 1.96. The molecule has 0 aromatic heterocycles. The number of hydrogen-bond donors (Lipinski definition) is 1. The maximum Gasteiger partial charge on any atom is 0.332 e. The Balaban J connectivity index is 4.34. The van der Waals surface area contributed by atoms with Gasteiger partial charge in [-0.3, -0.25) is 0 Å². The van der Waals surface area contributed by atoms with Crippen LogP contribution in [0.4, 0.5) is 0 Å². The predicted molar refractivity (Wildman–Crippen MR) is 44.1 cm³/mol. The molecule has 1 N–H and O–H groups in total. The summed E-state index contributed by atoms with van der Waals surface area (Å²) in [6, 6.07) is 0. The molecule has 0 bridgehead atoms. The number of hydrogen-bond acceptors (Lipinski definition) is 2. The molecule has 0 saturated heterocycles. The van der Waals surface area contributed by atoms with Crippen LogP contribution in [0.2, 0.25) is 0 Å². The summed E-state index contributed by atoms with van der Waals surface area (Å²) in [5, 5.41) is 8.38. The number of aliphatic imine (C=N–C) groups is 2. The summed E-state index contributed by atoms with van der Waals surface area (Å²) in [6.07, 6.45) is 1.24. The Morgan fingerprint density at radius 3 is 2.45 bits per heavy atom. The molecule has 0 atom stereocenters. The molecule has 0 heterocycles. The van der Waals surface area contributed by atoms with Gasteiger partial charge in [0.05, 0.1) is 5.57 Å². The lowest BCUT2D eigenvalue weighted by molar-refractivity contribution is -0.132. The van der Waals surface area contributed by atoms with Crippen LogP contribution in [0.25, 0.3) is 0 Å². The molecule has 60 valence electrons. The molecular weight excluding hydrogens is 144 g/mol. The second-order valence-electron chi connectivity index (χ2n) is 1.95. The van der Waals surface area contributed by atoms with Gasteiger partial charge in [0.1, 0.15) is 5.84 Å². The van der Waals surface area contributed by atoms with Crippen LogP contribution in [0.15, 0.2) is 21.8 Å². The van der Waals surface area contributed by atoms with E-state index in [0.29, 0.717) is 5.84 Å². The summed E-state index contributed by atoms with van der Waals surface area (Å²) in [6.45, 7) is 6.32. The molecule has 0 aliphatic heterocycles. The largest absolute Gasteiger partial charge is 0.478 e. The molecule has 0 fully saturated rings. The first-order valence-electron chi connectivity index (χ1n) is 2.99. The number of carbonyl (C=O) groups is 1. The second kappa shape index (κ2) is 4.38. The molecule has 0 spiro atoms. The van der Waals surface area contributed by atoms with Crippen molar-refractivity contribution in [3.63, 3.8) is 0 Å². The van der Waals surface area contributed by atoms with E-state index in [1.54, 1.807) is 6.92 Å². The summed E-state index contributed by atoms with van der Waals surface area (Å²) in [7, 11) is 0. The minimum absolute atomic E-state index is 0.174. The van der Waals surface area contributed by atoms with Gasteiger partial charge in [0.25, 0.3) is 0 Å². The molecule has 0 aromatic rings. The zero-order valence-electron chi connectivity index (χ0n) is 6.53. The summed E-state index contributed by atoms with van der Waals surface area (Å²) in [5.74, 6) is -0.531. The third-order valence-electron chi connectivity index (χ3n) is 1.01. The highest BCUT2D eigenvalue weighted by Crippen LogP contribution is 1.92. The predicted octanol–water partition coefficient (Wildman–Crippen LogP) is 1.09. The van der Waals surface area contributed by atoms with Crippen molar-refractivity contribution in [3.05, 3.63) is 11.8 Å². The standard InChI is InChI=1S/C7H10N2O2/c1-5(7(10)11)4-9-6(2)8-3/h4H,3H2,1-2H3,(H,10,11)/b5-4+,9-6?. The zero-order chi connectivity index (χ0) is 8.85. The van der Waals surface area contributed by atoms with E-state index in [1.165, 1.54) is 13.1 Å². The monoisotopic (exact) mass is 154 g/mol. The lowest BCUT2D eigenvalue weighted by Gasteiger charge is -1.88. The molecule has 0 aromatic carbocycles. The van der Waals surface area contributed by atoms with Crippen LogP contribution in [-0.2, 0) is 4.79 Å². The lowest BCUT2D eigenvalue weighted by Crippen LogP contribution is -1.95. The molecule has 11 heavy (non-hydrogen) atoms. The number of rotatable bonds is 2. The van der Waals surface area contributed by atoms with E-state index in [-0.39, 0.29) is 5.57 Å². The van der Waals surface area contributed by atoms with E-state index in [0.717, 1.165) is 0 Å². The maximum atomic E-state index is 10.2. The van der Waals surface area contributed by atoms with Crippen LogP contribution >= 0.6 is 0 Å². The van der Waals surface area contributed by atoms with Crippen molar-refractivity contribution in [2.45, 2.75) is 13.8 Å². The van der Waals surface area contributed by atoms with Gasteiger partial charge in [-0.15, -0.1) is 0 Å². The van der Waals surface area contributed by atoms with Crippen molar-refractivity contribution in [1.29, 1.82) is 0 Å². The average Bonchev–Trinajstić information content (AvgIpc) is 1.99. The Bertz CT molecular complexity index is 229. The number of aliphatic carboxylic acids is 1. The normalized spacial score (nSPS) is 12.9. The van der Waals surface area contributed by atoms with Gasteiger partial charge in [-0.2, -0.15) is 0 Å². The number of carboxylic acids is 1. The van der Waals surface area contributed by atoms with Gasteiger partial charge < -0.3 is 5.11 Å². The smallest absolute Gasteiger partial charge is 0.332 e. The highest BCUT2D eigenvalue weighted by atomic mass is 16.4. The molecule has 0 rings (SSSR count). The first kappa shape index (κ1) is 9.55. The third-order valence-corrected chi connectivity index (χ3v) is 1.01. The Kier molecular flexibility index (Phi) is 3.80. The number of amidine groups is 1. The lowest BCUT2D eigenvalue weighted by atomic mass is 10.3. The van der Waals surface area contributed by atoms with Gasteiger partial charge in [0.2, 0.25) is 0 Å². The number of nitrogens with zero attached hydrogens (tertiary/aromatic N) is 2. The minimum Gasteiger partial charge on any atom is -0.478 e. The second-order valence-corrected chi connectivity index (χ2v) is 1.95. The van der Waals surface area contributed by atoms with E-state index in [9.17, 15) is 4.79 Å². The molecule has 4 heteroatoms. The summed E-state index contributed by atoms with van der Waals surface area (Å²) in [5.41, 5.74) is 0.174. The van der Waals surface area contributed by atoms with Crippen LogP contribution in [0.3, 0.4) is 0 Å². The fraction of sp³-hybridized carbons (Fsp3) is 0.286. The third kappa shape index (κ3) is 4.02. The molecule has 0 saturated carbocycles. The first-order valence-corrected chi connectivity index (χ1v) is 2.99. The SMILES string of the molecule is C=NC(C)=N/C=C(\C)C(=O)O. The quantitative estimate of drug-likeness (QED) is 0.367. The fourth-order valence-electron chi connectivity index (χ4n) is 0.286. The minimum atomic E-state index is -0.981. The zero-order valence-corrected chi connectivity index (χ0v) is 6.53. The summed E-state index contributed by atoms with van der Waals surface area (Å²) >= 11 is 0. The Morgan fingerprint density at radius 1 is 1.55 bits per heavy atom. The molecule has 0 aliphatic rings. The van der Waals surface area contributed by atoms with Gasteiger partial charge >= 0.3 is 5.97 Å². The van der Waals surface area contributed by atoms with E-state index in [4.69, 9.17) is 5.11 Å². The van der Waals surface area contributed by atoms with Crippen molar-refractivity contribution in [2.24, 2.45) is 9.98 Å². The summed E-state index contributed by atoms with van der Waals surface area (Å²) < 4.78 is 0. The van der Waals surface area contributed by atoms with Crippen molar-refractivity contribution >= 4 is 18.5 Å². The van der Waals surface area contributed by atoms with Gasteiger partial charge in [-0.1, -0.05) is 0 Å². The highest BCUT2D eigenvalue weighted by molar-refractivity contribution is 5.88. The van der Waals surface area contributed by atoms with Crippen LogP contribution in [0, 0.1) is 0 Å². The number of carboxylic acid groups (broad SMARTS) is 1. The Hall–Kier alpha value is -1.45. The molecule has 4 nitrogen and oxygen atoms in total. The molecule has 0 aliphatic carbocycles. The first-order chi connectivity index (χ1) is 5.07. The van der Waals surface area contributed by atoms with E-state index < -0.39 is 5.97 Å². The Labute approximate surface area is 65.0 Å². The van der Waals surface area contributed by atoms with Crippen LogP contribution < -0.4 is 0 Å². The molecule has 0 unspecified atom stereocenters. The van der Waals surface area contributed by atoms with Crippen molar-refractivity contribution in [3.8, 4) is 0 Å². The van der Waals surface area contributed by atoms with Gasteiger partial charge in [0.15, 0.2) is 0 Å². The van der Waals surface area contributed by atoms with Gasteiger partial charge in [-0.25, -0.2) is 14.8 Å². The van der Waals surface area contributed by atoms with Crippen LogP contribution in [0.1, 0.15) is 13.8 Å². The molecular formula is C7H10N2O2. The van der Waals surface area contributed by atoms with Gasteiger partial charge in [0, 0.05) is 6.20 Å². The summed E-state index contributed by atoms with van der Waals surface area (Å²) in [4.78, 5) is 17.4. The van der Waals surface area contributed by atoms with Gasteiger partial charge in [-0.05, 0) is 20.6 Å². The van der Waals surface area contributed by atoms with E-state index in [1.807, 2.05) is 0 Å². The average molecular weight is 154 g/mol. The topological polar surface area (TPSA) is 62.0 Å². The van der Waals surface area contributed by atoms with Crippen molar-refractivity contribution in [1.82, 2.24) is 0 Å². The van der Waals surface area contributed by atoms with Crippen molar-refractivity contribution in [2.75, 3.05) is 0 Å². The molecule has 0 radical (unpaired) electrons. The van der Waals surface area contributed by atoms with Crippen LogP contribution in [-0.4, -0.2) is 23.6 Å². The Morgan fingerprint density at radius 2 is 2.09 bits per heavy atom. The maximum absolute atomic E-state index is 10.2. The van der Waals surface area contributed by atoms with E-state index in [2.05, 4.69) is 16.7 Å². The van der Waals surface area contributed by atoms with Crippen LogP contribution in [0.5, 0.6) is 0 Å². The van der Waals surface area contributed by atoms with Crippen molar-refractivity contribution < 1.29 is 9.90 Å². The molecule has 0 amide bonds. The fourth-order valence-corrected chi connectivity index (χ4v) is 0.286. The van der Waals surface area contributed by atoms with E-state index >= 15 is 0 Å².